The SMILES string of the molecule is CCc1cc2c(=O)n(C)cc(-c3ccc(CC)c(OC)c3)c2s1. The highest BCUT2D eigenvalue weighted by Gasteiger charge is 2.14. The van der Waals surface area contributed by atoms with E-state index in [9.17, 15) is 4.79 Å². The van der Waals surface area contributed by atoms with Crippen LogP contribution in [0.15, 0.2) is 35.3 Å². The Morgan fingerprint density at radius 1 is 1.17 bits per heavy atom. The summed E-state index contributed by atoms with van der Waals surface area (Å²) in [5.41, 5.74) is 3.44. The molecule has 3 nitrogen and oxygen atoms in total. The number of nitrogens with zero attached hydrogens (tertiary/aromatic N) is 1. The molecule has 0 unspecified atom stereocenters. The molecule has 2 aromatic heterocycles. The Balaban J connectivity index is 2.29. The zero-order valence-corrected chi connectivity index (χ0v) is 14.8. The van der Waals surface area contributed by atoms with Crippen LogP contribution in [0.3, 0.4) is 0 Å². The predicted octanol–water partition coefficient (Wildman–Crippen LogP) is 4.40. The smallest absolute Gasteiger partial charge is 0.259 e. The second-order valence-corrected chi connectivity index (χ2v) is 6.78. The first-order valence-electron chi connectivity index (χ1n) is 7.88. The molecule has 4 heteroatoms. The van der Waals surface area contributed by atoms with Crippen molar-refractivity contribution in [2.45, 2.75) is 26.7 Å². The summed E-state index contributed by atoms with van der Waals surface area (Å²) in [6.07, 6.45) is 3.81. The van der Waals surface area contributed by atoms with Gasteiger partial charge in [-0.25, -0.2) is 0 Å². The van der Waals surface area contributed by atoms with Crippen LogP contribution >= 0.6 is 11.3 Å². The molecule has 0 bridgehead atoms. The third-order valence-electron chi connectivity index (χ3n) is 4.23. The molecule has 23 heavy (non-hydrogen) atoms. The summed E-state index contributed by atoms with van der Waals surface area (Å²) < 4.78 is 8.26. The molecule has 0 radical (unpaired) electrons. The predicted molar refractivity (Wildman–Crippen MR) is 97.8 cm³/mol. The topological polar surface area (TPSA) is 31.2 Å². The number of aromatic nitrogens is 1. The Kier molecular flexibility index (Phi) is 4.26. The van der Waals surface area contributed by atoms with Crippen molar-refractivity contribution in [1.82, 2.24) is 4.57 Å². The molecule has 0 N–H and O–H groups in total. The molecule has 0 atom stereocenters. The first kappa shape index (κ1) is 15.8. The zero-order valence-electron chi connectivity index (χ0n) is 14.0. The van der Waals surface area contributed by atoms with Crippen molar-refractivity contribution in [3.63, 3.8) is 0 Å². The Hall–Kier alpha value is -2.07. The molecular weight excluding hydrogens is 306 g/mol. The minimum absolute atomic E-state index is 0.0665. The number of aryl methyl sites for hydroxylation is 3. The maximum absolute atomic E-state index is 12.4. The minimum Gasteiger partial charge on any atom is -0.496 e. The van der Waals surface area contributed by atoms with Gasteiger partial charge in [0.2, 0.25) is 0 Å². The summed E-state index contributed by atoms with van der Waals surface area (Å²) in [6, 6.07) is 8.33. The molecule has 0 aliphatic heterocycles. The largest absolute Gasteiger partial charge is 0.496 e. The van der Waals surface area contributed by atoms with Crippen molar-refractivity contribution in [2.24, 2.45) is 7.05 Å². The van der Waals surface area contributed by atoms with E-state index in [1.807, 2.05) is 19.3 Å². The van der Waals surface area contributed by atoms with E-state index >= 15 is 0 Å². The van der Waals surface area contributed by atoms with E-state index < -0.39 is 0 Å². The van der Waals surface area contributed by atoms with Crippen LogP contribution in [0.5, 0.6) is 5.75 Å². The van der Waals surface area contributed by atoms with Gasteiger partial charge in [0.15, 0.2) is 0 Å². The van der Waals surface area contributed by atoms with Gasteiger partial charge >= 0.3 is 0 Å². The molecule has 1 aromatic carbocycles. The average molecular weight is 327 g/mol. The van der Waals surface area contributed by atoms with Gasteiger partial charge in [0, 0.05) is 28.4 Å². The fraction of sp³-hybridized carbons (Fsp3) is 0.316. The van der Waals surface area contributed by atoms with Crippen LogP contribution in [0.2, 0.25) is 0 Å². The summed E-state index contributed by atoms with van der Waals surface area (Å²) in [4.78, 5) is 13.6. The Morgan fingerprint density at radius 2 is 1.96 bits per heavy atom. The van der Waals surface area contributed by atoms with Crippen LogP contribution in [-0.2, 0) is 19.9 Å². The second-order valence-electron chi connectivity index (χ2n) is 5.65. The van der Waals surface area contributed by atoms with Crippen molar-refractivity contribution >= 4 is 21.4 Å². The van der Waals surface area contributed by atoms with Gasteiger partial charge in [0.25, 0.3) is 5.56 Å². The number of thiophene rings is 1. The third kappa shape index (κ3) is 2.68. The van der Waals surface area contributed by atoms with Crippen LogP contribution in [0, 0.1) is 0 Å². The molecule has 0 aliphatic rings. The van der Waals surface area contributed by atoms with Gasteiger partial charge in [-0.3, -0.25) is 4.79 Å². The number of rotatable bonds is 4. The van der Waals surface area contributed by atoms with Crippen molar-refractivity contribution in [1.29, 1.82) is 0 Å². The molecule has 0 aliphatic carbocycles. The van der Waals surface area contributed by atoms with Gasteiger partial charge in [-0.15, -0.1) is 11.3 Å². The highest BCUT2D eigenvalue weighted by atomic mass is 32.1. The van der Waals surface area contributed by atoms with E-state index in [1.165, 1.54) is 10.4 Å². The first-order valence-corrected chi connectivity index (χ1v) is 8.70. The van der Waals surface area contributed by atoms with E-state index in [1.54, 1.807) is 23.0 Å². The standard InChI is InChI=1S/C19H21NO2S/c1-5-12-7-8-13(9-17(12)22-4)16-11-20(3)19(21)15-10-14(6-2)23-18(15)16/h7-11H,5-6H2,1-4H3. The fourth-order valence-corrected chi connectivity index (χ4v) is 4.01. The number of hydrogen-bond acceptors (Lipinski definition) is 3. The third-order valence-corrected chi connectivity index (χ3v) is 5.54. The highest BCUT2D eigenvalue weighted by molar-refractivity contribution is 7.19. The van der Waals surface area contributed by atoms with E-state index in [-0.39, 0.29) is 5.56 Å². The molecule has 3 rings (SSSR count). The van der Waals surface area contributed by atoms with Gasteiger partial charge in [-0.2, -0.15) is 0 Å². The number of benzene rings is 1. The molecule has 120 valence electrons. The number of methoxy groups -OCH3 is 1. The molecule has 2 heterocycles. The van der Waals surface area contributed by atoms with Crippen LogP contribution in [-0.4, -0.2) is 11.7 Å². The summed E-state index contributed by atoms with van der Waals surface area (Å²) in [6.45, 7) is 4.24. The molecular formula is C19H21NO2S. The number of fused-ring (bicyclic) bond motifs is 1. The maximum Gasteiger partial charge on any atom is 0.259 e. The van der Waals surface area contributed by atoms with Gasteiger partial charge in [0.05, 0.1) is 12.5 Å². The van der Waals surface area contributed by atoms with Gasteiger partial charge in [-0.1, -0.05) is 26.0 Å². The lowest BCUT2D eigenvalue weighted by Gasteiger charge is -2.11. The van der Waals surface area contributed by atoms with Crippen LogP contribution < -0.4 is 10.3 Å². The first-order chi connectivity index (χ1) is 11.1. The van der Waals surface area contributed by atoms with Gasteiger partial charge < -0.3 is 9.30 Å². The molecule has 0 amide bonds. The van der Waals surface area contributed by atoms with Crippen LogP contribution in [0.1, 0.15) is 24.3 Å². The maximum atomic E-state index is 12.4. The molecule has 0 saturated carbocycles. The summed E-state index contributed by atoms with van der Waals surface area (Å²) in [7, 11) is 3.52. The Bertz CT molecular complexity index is 921. The molecule has 0 saturated heterocycles. The normalized spacial score (nSPS) is 11.1. The molecule has 0 fully saturated rings. The van der Waals surface area contributed by atoms with Crippen molar-refractivity contribution in [2.75, 3.05) is 7.11 Å². The molecule has 3 aromatic rings. The van der Waals surface area contributed by atoms with E-state index in [0.29, 0.717) is 0 Å². The lowest BCUT2D eigenvalue weighted by molar-refractivity contribution is 0.410. The second kappa shape index (κ2) is 6.20. The van der Waals surface area contributed by atoms with E-state index in [4.69, 9.17) is 4.74 Å². The number of pyridine rings is 1. The lowest BCUT2D eigenvalue weighted by atomic mass is 10.0. The number of ether oxygens (including phenoxy) is 1. The van der Waals surface area contributed by atoms with E-state index in [2.05, 4.69) is 32.0 Å². The zero-order chi connectivity index (χ0) is 16.6. The van der Waals surface area contributed by atoms with Crippen LogP contribution in [0.4, 0.5) is 0 Å². The minimum atomic E-state index is 0.0665. The lowest BCUT2D eigenvalue weighted by Crippen LogP contribution is -2.15. The number of hydrogen-bond donors (Lipinski definition) is 0. The van der Waals surface area contributed by atoms with Gasteiger partial charge in [-0.05, 0) is 36.1 Å². The van der Waals surface area contributed by atoms with Crippen molar-refractivity contribution in [3.8, 4) is 16.9 Å². The van der Waals surface area contributed by atoms with Crippen molar-refractivity contribution in [3.05, 3.63) is 51.3 Å². The quantitative estimate of drug-likeness (QED) is 0.711. The average Bonchev–Trinajstić information content (AvgIpc) is 3.02. The molecule has 0 spiro atoms. The van der Waals surface area contributed by atoms with E-state index in [0.717, 1.165) is 39.8 Å². The summed E-state index contributed by atoms with van der Waals surface area (Å²) >= 11 is 1.71. The van der Waals surface area contributed by atoms with Crippen LogP contribution in [0.25, 0.3) is 21.2 Å². The highest BCUT2D eigenvalue weighted by Crippen LogP contribution is 2.35. The Labute approximate surface area is 140 Å². The monoisotopic (exact) mass is 327 g/mol. The van der Waals surface area contributed by atoms with Crippen molar-refractivity contribution < 1.29 is 4.74 Å². The summed E-state index contributed by atoms with van der Waals surface area (Å²) in [5.74, 6) is 0.902. The summed E-state index contributed by atoms with van der Waals surface area (Å²) in [5, 5.41) is 0.811. The Morgan fingerprint density at radius 3 is 2.61 bits per heavy atom. The van der Waals surface area contributed by atoms with Gasteiger partial charge in [0.1, 0.15) is 5.75 Å². The fourth-order valence-electron chi connectivity index (χ4n) is 2.89.